The summed E-state index contributed by atoms with van der Waals surface area (Å²) < 4.78 is 1.69. The van der Waals surface area contributed by atoms with Crippen LogP contribution in [-0.2, 0) is 4.79 Å². The van der Waals surface area contributed by atoms with Gasteiger partial charge in [-0.25, -0.2) is 0 Å². The third kappa shape index (κ3) is 2.98. The molecule has 6 rings (SSSR count). The normalized spacial score (nSPS) is 21.6. The van der Waals surface area contributed by atoms with Crippen LogP contribution in [0.15, 0.2) is 36.7 Å². The van der Waals surface area contributed by atoms with E-state index in [0.29, 0.717) is 23.7 Å². The molecule has 0 radical (unpaired) electrons. The lowest BCUT2D eigenvalue weighted by molar-refractivity contribution is -0.121. The number of fused-ring (bicyclic) bond motifs is 3. The summed E-state index contributed by atoms with van der Waals surface area (Å²) in [6.45, 7) is 4.03. The van der Waals surface area contributed by atoms with Crippen molar-refractivity contribution in [3.05, 3.63) is 47.2 Å². The quantitative estimate of drug-likeness (QED) is 0.725. The van der Waals surface area contributed by atoms with Gasteiger partial charge in [-0.1, -0.05) is 17.7 Å². The highest BCUT2D eigenvalue weighted by atomic mass is 35.5. The first-order valence-corrected chi connectivity index (χ1v) is 9.69. The van der Waals surface area contributed by atoms with Crippen LogP contribution in [0.5, 0.6) is 0 Å². The van der Waals surface area contributed by atoms with Crippen LogP contribution in [0.1, 0.15) is 12.0 Å². The summed E-state index contributed by atoms with van der Waals surface area (Å²) in [6, 6.07) is 10.2. The van der Waals surface area contributed by atoms with E-state index in [4.69, 9.17) is 11.6 Å². The molecule has 3 saturated heterocycles. The highest BCUT2D eigenvalue weighted by molar-refractivity contribution is 6.31. The molecular formula is C19H20ClN7O. The number of anilines is 2. The second-order valence-corrected chi connectivity index (χ2v) is 7.81. The zero-order valence-electron chi connectivity index (χ0n) is 15.4. The molecule has 2 unspecified atom stereocenters. The molecule has 3 aliphatic heterocycles. The van der Waals surface area contributed by atoms with Crippen LogP contribution in [-0.4, -0.2) is 62.3 Å². The summed E-state index contributed by atoms with van der Waals surface area (Å²) in [7, 11) is 0. The Morgan fingerprint density at radius 1 is 1.25 bits per heavy atom. The fraction of sp³-hybridized carbons (Fsp3) is 0.368. The number of hydrogen-bond acceptors (Lipinski definition) is 6. The first-order chi connectivity index (χ1) is 13.6. The minimum absolute atomic E-state index is 0.00227. The van der Waals surface area contributed by atoms with Gasteiger partial charge in [0.15, 0.2) is 5.65 Å². The Morgan fingerprint density at radius 2 is 2.07 bits per heavy atom. The SMILES string of the molecule is Cc1c(Cl)cccc1NC(=O)CN1C2CC1CN(c1ccc3nncn3n1)C2. The van der Waals surface area contributed by atoms with Gasteiger partial charge in [-0.15, -0.1) is 15.3 Å². The summed E-state index contributed by atoms with van der Waals surface area (Å²) in [5.41, 5.74) is 2.40. The minimum atomic E-state index is -0.00227. The van der Waals surface area contributed by atoms with E-state index in [-0.39, 0.29) is 5.91 Å². The van der Waals surface area contributed by atoms with E-state index < -0.39 is 0 Å². The Bertz CT molecular complexity index is 1040. The van der Waals surface area contributed by atoms with Crippen LogP contribution in [0.2, 0.25) is 5.02 Å². The van der Waals surface area contributed by atoms with Gasteiger partial charge in [-0.2, -0.15) is 4.52 Å². The van der Waals surface area contributed by atoms with Gasteiger partial charge in [0.1, 0.15) is 12.1 Å². The molecule has 28 heavy (non-hydrogen) atoms. The predicted molar refractivity (Wildman–Crippen MR) is 107 cm³/mol. The first-order valence-electron chi connectivity index (χ1n) is 9.31. The monoisotopic (exact) mass is 397 g/mol. The molecule has 3 fully saturated rings. The predicted octanol–water partition coefficient (Wildman–Crippen LogP) is 1.99. The highest BCUT2D eigenvalue weighted by Gasteiger charge is 2.45. The van der Waals surface area contributed by atoms with Gasteiger partial charge in [-0.05, 0) is 43.2 Å². The molecular weight excluding hydrogens is 378 g/mol. The molecule has 2 aromatic heterocycles. The van der Waals surface area contributed by atoms with Crippen LogP contribution in [0.25, 0.3) is 5.65 Å². The number of piperidine rings is 1. The van der Waals surface area contributed by atoms with Gasteiger partial charge in [0.2, 0.25) is 5.91 Å². The molecule has 8 nitrogen and oxygen atoms in total. The van der Waals surface area contributed by atoms with Crippen LogP contribution in [0, 0.1) is 6.92 Å². The molecule has 144 valence electrons. The molecule has 1 amide bonds. The van der Waals surface area contributed by atoms with E-state index in [1.54, 1.807) is 10.8 Å². The molecule has 9 heteroatoms. The van der Waals surface area contributed by atoms with Crippen molar-refractivity contribution in [3.8, 4) is 0 Å². The Morgan fingerprint density at radius 3 is 2.89 bits per heavy atom. The lowest BCUT2D eigenvalue weighted by Gasteiger charge is -2.56. The molecule has 2 bridgehead atoms. The van der Waals surface area contributed by atoms with Gasteiger partial charge in [0.25, 0.3) is 0 Å². The van der Waals surface area contributed by atoms with E-state index in [2.05, 4.69) is 30.4 Å². The number of carbonyl (C=O) groups is 1. The van der Waals surface area contributed by atoms with E-state index >= 15 is 0 Å². The molecule has 3 aromatic rings. The van der Waals surface area contributed by atoms with Crippen molar-refractivity contribution in [1.82, 2.24) is 24.7 Å². The van der Waals surface area contributed by atoms with Crippen LogP contribution in [0.3, 0.4) is 0 Å². The fourth-order valence-electron chi connectivity index (χ4n) is 4.12. The molecule has 1 N–H and O–H groups in total. The fourth-order valence-corrected chi connectivity index (χ4v) is 4.29. The van der Waals surface area contributed by atoms with Crippen molar-refractivity contribution >= 4 is 34.7 Å². The third-order valence-electron chi connectivity index (χ3n) is 5.68. The number of rotatable bonds is 4. The molecule has 5 heterocycles. The maximum Gasteiger partial charge on any atom is 0.238 e. The lowest BCUT2D eigenvalue weighted by Crippen LogP contribution is -2.69. The molecule has 0 aliphatic carbocycles. The van der Waals surface area contributed by atoms with Gasteiger partial charge >= 0.3 is 0 Å². The Kier molecular flexibility index (Phi) is 4.17. The maximum atomic E-state index is 12.5. The van der Waals surface area contributed by atoms with Gasteiger partial charge in [-0.3, -0.25) is 9.69 Å². The second kappa shape index (κ2) is 6.72. The van der Waals surface area contributed by atoms with Gasteiger partial charge < -0.3 is 10.2 Å². The zero-order valence-corrected chi connectivity index (χ0v) is 16.2. The minimum Gasteiger partial charge on any atom is -0.352 e. The number of aromatic nitrogens is 4. The summed E-state index contributed by atoms with van der Waals surface area (Å²) in [5.74, 6) is 0.915. The smallest absolute Gasteiger partial charge is 0.238 e. The van der Waals surface area contributed by atoms with Crippen molar-refractivity contribution in [2.45, 2.75) is 25.4 Å². The van der Waals surface area contributed by atoms with Crippen molar-refractivity contribution in [2.75, 3.05) is 29.9 Å². The molecule has 1 aromatic carbocycles. The number of benzene rings is 1. The first kappa shape index (κ1) is 17.4. The van der Waals surface area contributed by atoms with Crippen molar-refractivity contribution in [3.63, 3.8) is 0 Å². The van der Waals surface area contributed by atoms with E-state index in [1.165, 1.54) is 0 Å². The Hall–Kier alpha value is -2.71. The van der Waals surface area contributed by atoms with E-state index in [9.17, 15) is 4.79 Å². The number of hydrogen-bond donors (Lipinski definition) is 1. The van der Waals surface area contributed by atoms with Gasteiger partial charge in [0.05, 0.1) is 6.54 Å². The standard InChI is InChI=1S/C19H20ClN7O/c1-12-15(20)3-2-4-16(12)22-19(28)10-26-13-7-14(26)9-25(8-13)18-6-5-17-23-21-11-27(17)24-18/h2-6,11,13-14H,7-10H2,1H3,(H,22,28). The molecule has 0 spiro atoms. The number of piperazine rings is 1. The third-order valence-corrected chi connectivity index (χ3v) is 6.09. The Labute approximate surface area is 167 Å². The summed E-state index contributed by atoms with van der Waals surface area (Å²) in [6.07, 6.45) is 2.73. The molecule has 0 saturated carbocycles. The van der Waals surface area contributed by atoms with Crippen molar-refractivity contribution in [2.24, 2.45) is 0 Å². The van der Waals surface area contributed by atoms with Gasteiger partial charge in [0, 0.05) is 35.9 Å². The lowest BCUT2D eigenvalue weighted by atomic mass is 9.87. The average molecular weight is 398 g/mol. The second-order valence-electron chi connectivity index (χ2n) is 7.41. The summed E-state index contributed by atoms with van der Waals surface area (Å²) >= 11 is 6.14. The summed E-state index contributed by atoms with van der Waals surface area (Å²) in [5, 5.41) is 16.1. The zero-order chi connectivity index (χ0) is 19.3. The number of halogens is 1. The number of nitrogens with zero attached hydrogens (tertiary/aromatic N) is 6. The summed E-state index contributed by atoms with van der Waals surface area (Å²) in [4.78, 5) is 17.1. The highest BCUT2D eigenvalue weighted by Crippen LogP contribution is 2.34. The van der Waals surface area contributed by atoms with E-state index in [1.807, 2.05) is 37.3 Å². The average Bonchev–Trinajstić information content (AvgIpc) is 3.17. The molecule has 2 atom stereocenters. The van der Waals surface area contributed by atoms with Crippen LogP contribution >= 0.6 is 11.6 Å². The van der Waals surface area contributed by atoms with Crippen molar-refractivity contribution < 1.29 is 4.79 Å². The Balaban J connectivity index is 1.22. The number of carbonyl (C=O) groups excluding carboxylic acids is 1. The molecule has 3 aliphatic rings. The topological polar surface area (TPSA) is 78.7 Å². The number of nitrogens with one attached hydrogen (secondary N) is 1. The van der Waals surface area contributed by atoms with Crippen LogP contribution < -0.4 is 10.2 Å². The number of amides is 1. The largest absolute Gasteiger partial charge is 0.352 e. The maximum absolute atomic E-state index is 12.5. The van der Waals surface area contributed by atoms with Crippen molar-refractivity contribution in [1.29, 1.82) is 0 Å². The van der Waals surface area contributed by atoms with Crippen LogP contribution in [0.4, 0.5) is 11.5 Å². The van der Waals surface area contributed by atoms with E-state index in [0.717, 1.165) is 42.2 Å².